The predicted octanol–water partition coefficient (Wildman–Crippen LogP) is 14.9. The minimum Gasteiger partial charge on any atom is -0.507 e. The van der Waals surface area contributed by atoms with Gasteiger partial charge in [0.2, 0.25) is 9.05 Å². The summed E-state index contributed by atoms with van der Waals surface area (Å²) in [5.74, 6) is -10.9. The number of phenols is 2. The Morgan fingerprint density at radius 1 is 0.306 bits per heavy atom. The number of aromatic hydroxyl groups is 2. The molecule has 2 aliphatic rings. The minimum absolute atomic E-state index is 0.0111. The molecule has 778 valence electrons. The Morgan fingerprint density at radius 3 is 0.785 bits per heavy atom. The van der Waals surface area contributed by atoms with Crippen molar-refractivity contribution in [2.45, 2.75) is 118 Å². The van der Waals surface area contributed by atoms with Crippen molar-refractivity contribution in [2.24, 2.45) is 23.7 Å². The zero-order chi connectivity index (χ0) is 105. The van der Waals surface area contributed by atoms with E-state index in [4.69, 9.17) is 99.8 Å². The van der Waals surface area contributed by atoms with Crippen LogP contribution in [0.1, 0.15) is 190 Å². The van der Waals surface area contributed by atoms with Gasteiger partial charge in [0.25, 0.3) is 0 Å². The van der Waals surface area contributed by atoms with Crippen LogP contribution < -0.4 is 42.6 Å². The summed E-state index contributed by atoms with van der Waals surface area (Å²) in [4.78, 5) is 174. The summed E-state index contributed by atoms with van der Waals surface area (Å²) in [6.45, 7) is 21.4. The number of carboxylic acid groups (broad SMARTS) is 1. The van der Waals surface area contributed by atoms with Crippen LogP contribution in [-0.2, 0) is 94.7 Å². The van der Waals surface area contributed by atoms with Crippen molar-refractivity contribution in [3.63, 3.8) is 0 Å². The molecule has 144 heavy (non-hydrogen) atoms. The molecule has 2 saturated carbocycles. The number of benzene rings is 7. The van der Waals surface area contributed by atoms with Crippen LogP contribution in [0.2, 0.25) is 0 Å². The zero-order valence-corrected chi connectivity index (χ0v) is 82.0. The zero-order valence-electron chi connectivity index (χ0n) is 80.5. The third-order valence-electron chi connectivity index (χ3n) is 20.4. The third kappa shape index (κ3) is 45.1. The highest BCUT2D eigenvalue weighted by molar-refractivity contribution is 8.13. The molecule has 39 nitrogen and oxygen atoms in total. The quantitative estimate of drug-likeness (QED) is 0.00796. The Balaban J connectivity index is 0.000000395. The SMILES string of the molecule is C=CC(=O)OCCCCOc1ccc(C(=O)O)cc1.C=CC(=O)OCCCCOc1ccc(C(=O)Oc2ccc(OC(=O)C3CCC(C(=O)Oc4ccc(OC(=O)c5ccc(OCCCCOC(=O)C=C)cc5)c(C(=O)OCCOCC)c4)CC3)cc2C(=O)OCCOCC)cc1.CCOCCOC(=O)c1cc(OC(=O)C2CCC(C(=O)Oc3ccc(O)c(C(=O)OCCOCC)c3)CC2)ccc1O.CS(=O)(=O)Cl. The van der Waals surface area contributed by atoms with Gasteiger partial charge in [-0.05, 0) is 263 Å². The Hall–Kier alpha value is -14.6. The molecule has 2 aliphatic carbocycles. The molecule has 0 saturated heterocycles. The predicted molar refractivity (Wildman–Crippen MR) is 514 cm³/mol. The average Bonchev–Trinajstić information content (AvgIpc) is 0.825. The van der Waals surface area contributed by atoms with Crippen LogP contribution in [0.3, 0.4) is 0 Å². The first-order valence-electron chi connectivity index (χ1n) is 46.1. The van der Waals surface area contributed by atoms with Gasteiger partial charge in [-0.15, -0.1) is 0 Å². The van der Waals surface area contributed by atoms with E-state index in [9.17, 15) is 85.8 Å². The van der Waals surface area contributed by atoms with Crippen LogP contribution in [0.15, 0.2) is 184 Å². The maximum Gasteiger partial charge on any atom is 0.343 e. The molecule has 0 spiro atoms. The summed E-state index contributed by atoms with van der Waals surface area (Å²) in [5, 5.41) is 28.8. The number of carboxylic acids is 1. The maximum atomic E-state index is 13.5. The van der Waals surface area contributed by atoms with E-state index in [1.807, 2.05) is 13.8 Å². The fourth-order valence-electron chi connectivity index (χ4n) is 13.0. The smallest absolute Gasteiger partial charge is 0.343 e. The molecule has 0 atom stereocenters. The van der Waals surface area contributed by atoms with Gasteiger partial charge in [-0.2, -0.15) is 0 Å². The molecule has 7 aromatic rings. The summed E-state index contributed by atoms with van der Waals surface area (Å²) in [7, 11) is 1.31. The van der Waals surface area contributed by atoms with E-state index in [1.54, 1.807) is 50.2 Å². The summed E-state index contributed by atoms with van der Waals surface area (Å²) in [6, 6.07) is 34.1. The van der Waals surface area contributed by atoms with Crippen molar-refractivity contribution in [3.05, 3.63) is 223 Å². The highest BCUT2D eigenvalue weighted by Gasteiger charge is 2.36. The molecule has 41 heteroatoms. The molecule has 3 N–H and O–H groups in total. The maximum absolute atomic E-state index is 13.5. The van der Waals surface area contributed by atoms with Gasteiger partial charge in [0.05, 0.1) is 113 Å². The Morgan fingerprint density at radius 2 is 0.535 bits per heavy atom. The van der Waals surface area contributed by atoms with E-state index in [2.05, 4.69) is 30.4 Å². The van der Waals surface area contributed by atoms with Crippen molar-refractivity contribution < 1.29 is 186 Å². The van der Waals surface area contributed by atoms with Crippen LogP contribution >= 0.6 is 10.7 Å². The van der Waals surface area contributed by atoms with Crippen molar-refractivity contribution in [3.8, 4) is 63.2 Å². The lowest BCUT2D eigenvalue weighted by Gasteiger charge is -2.26. The minimum atomic E-state index is -3.19. The van der Waals surface area contributed by atoms with Crippen LogP contribution in [0.25, 0.3) is 0 Å². The molecule has 7 aromatic carbocycles. The Labute approximate surface area is 836 Å². The van der Waals surface area contributed by atoms with Gasteiger partial charge in [-0.25, -0.2) is 56.4 Å². The number of esters is 13. The number of rotatable bonds is 54. The van der Waals surface area contributed by atoms with Gasteiger partial charge < -0.3 is 110 Å². The number of carbonyl (C=O) groups excluding carboxylic acids is 13. The van der Waals surface area contributed by atoms with Crippen LogP contribution in [0.4, 0.5) is 0 Å². The lowest BCUT2D eigenvalue weighted by molar-refractivity contribution is -0.145. The Kier molecular flexibility index (Phi) is 53.7. The topological polar surface area (TPSA) is 518 Å². The number of aromatic carboxylic acids is 1. The fourth-order valence-corrected chi connectivity index (χ4v) is 13.0. The molecule has 0 aromatic heterocycles. The number of halogens is 1. The van der Waals surface area contributed by atoms with E-state index in [0.717, 1.165) is 30.9 Å². The second-order valence-electron chi connectivity index (χ2n) is 30.9. The van der Waals surface area contributed by atoms with Gasteiger partial charge in [0.15, 0.2) is 0 Å². The standard InChI is InChI=1S/C58H64O20.C30H36O12.C14H16O5.CH3ClO2S/c1-5-51(59)71-31-11-9-29-69-43-21-17-41(18-22-43)55(63)77-49-27-25-45(37-47(49)57(65)73-35-33-67-7-3)75-53(61)39-13-15-40(16-14-39)54(62)76-46-26-28-50(48(38-46)58(66)74-36-34-68-8-4)78-56(64)42-19-23-44(24-20-42)70-30-10-12-32-72-52(60)6-2;1-3-37-13-15-39-29(35)23-17-21(9-11-25(23)31)41-27(33)19-5-7-20(8-6-19)28(34)42-22-10-12-26(32)24(18-22)30(36)40-16-14-38-4-2;1-2-13(15)19-10-4-3-9-18-12-7-5-11(6-8-12)14(16)17;1-5(2,3)4/h5-6,17-28,37-40H,1-2,7-16,29-36H2,3-4H3;9-12,17-20,31-32H,3-8,13-16H2,1-2H3;2,5-8H,1,3-4,9-10H2,(H,16,17);1H3. The van der Waals surface area contributed by atoms with Gasteiger partial charge >= 0.3 is 83.6 Å². The molecule has 0 aliphatic heterocycles. The summed E-state index contributed by atoms with van der Waals surface area (Å²) in [5.41, 5.74) is -0.112. The van der Waals surface area contributed by atoms with E-state index >= 15 is 0 Å². The average molecular weight is 2050 g/mol. The first-order chi connectivity index (χ1) is 69.2. The summed E-state index contributed by atoms with van der Waals surface area (Å²) >= 11 is 0. The second kappa shape index (κ2) is 65.5. The normalized spacial score (nSPS) is 13.8. The first-order valence-corrected chi connectivity index (χ1v) is 48.8. The van der Waals surface area contributed by atoms with Crippen molar-refractivity contribution >= 4 is 103 Å². The van der Waals surface area contributed by atoms with Crippen molar-refractivity contribution in [1.82, 2.24) is 0 Å². The molecule has 2 fully saturated rings. The van der Waals surface area contributed by atoms with Crippen molar-refractivity contribution in [1.29, 1.82) is 0 Å². The summed E-state index contributed by atoms with van der Waals surface area (Å²) in [6.07, 6.45) is 10.6. The van der Waals surface area contributed by atoms with E-state index in [0.29, 0.717) is 128 Å². The number of ether oxygens (including phenoxy) is 20. The fraction of sp³-hybridized carbons (Fsp3) is 0.398. The van der Waals surface area contributed by atoms with E-state index in [1.165, 1.54) is 109 Å². The van der Waals surface area contributed by atoms with Crippen LogP contribution in [0.5, 0.6) is 63.2 Å². The molecular formula is C103H119ClO39S. The molecule has 9 rings (SSSR count). The third-order valence-corrected chi connectivity index (χ3v) is 20.4. The monoisotopic (exact) mass is 2050 g/mol. The lowest BCUT2D eigenvalue weighted by Crippen LogP contribution is -2.30. The second-order valence-corrected chi connectivity index (χ2v) is 34.0. The van der Waals surface area contributed by atoms with E-state index in [-0.39, 0.29) is 177 Å². The molecule has 0 unspecified atom stereocenters. The van der Waals surface area contributed by atoms with Gasteiger partial charge in [-0.1, -0.05) is 19.7 Å². The van der Waals surface area contributed by atoms with Crippen molar-refractivity contribution in [2.75, 3.05) is 125 Å². The number of carbonyl (C=O) groups is 14. The lowest BCUT2D eigenvalue weighted by atomic mass is 9.82. The van der Waals surface area contributed by atoms with Crippen LogP contribution in [-0.4, -0.2) is 232 Å². The Bertz CT molecular complexity index is 5220. The molecule has 0 amide bonds. The highest BCUT2D eigenvalue weighted by atomic mass is 35.7. The van der Waals surface area contributed by atoms with Crippen LogP contribution in [0, 0.1) is 23.7 Å². The molecule has 0 heterocycles. The summed E-state index contributed by atoms with van der Waals surface area (Å²) < 4.78 is 126. The van der Waals surface area contributed by atoms with Gasteiger partial charge in [-0.3, -0.25) is 19.2 Å². The largest absolute Gasteiger partial charge is 0.507 e. The number of phenolic OH excluding ortho intramolecular Hbond substituents is 2. The number of unbranched alkanes of at least 4 members (excludes halogenated alkanes) is 3. The molecule has 0 radical (unpaired) electrons. The van der Waals surface area contributed by atoms with E-state index < -0.39 is 116 Å². The number of hydrogen-bond donors (Lipinski definition) is 3. The highest BCUT2D eigenvalue weighted by Crippen LogP contribution is 2.37. The number of hydrogen-bond acceptors (Lipinski definition) is 38. The molecular weight excluding hydrogens is 1930 g/mol. The van der Waals surface area contributed by atoms with Gasteiger partial charge in [0, 0.05) is 55.3 Å². The molecule has 0 bridgehead atoms. The van der Waals surface area contributed by atoms with Gasteiger partial charge in [0.1, 0.15) is 112 Å². The first kappa shape index (κ1) is 118.